The second-order valence-corrected chi connectivity index (χ2v) is 6.24. The van der Waals surface area contributed by atoms with Crippen molar-refractivity contribution in [3.8, 4) is 0 Å². The standard InChI is InChI=1S/C16H33N3/c1-2-17(13-15-18-9-5-3-6-10-18)14-16-19-11-7-4-8-12-19/h2-16H2,1H3. The number of likely N-dealkylation sites (tertiary alicyclic amines) is 2. The molecule has 0 radical (unpaired) electrons. The fourth-order valence-corrected chi connectivity index (χ4v) is 3.36. The fourth-order valence-electron chi connectivity index (χ4n) is 3.36. The van der Waals surface area contributed by atoms with Crippen molar-refractivity contribution < 1.29 is 0 Å². The Balaban J connectivity index is 1.59. The highest BCUT2D eigenvalue weighted by molar-refractivity contribution is 4.70. The molecule has 112 valence electrons. The molecule has 2 fully saturated rings. The van der Waals surface area contributed by atoms with Gasteiger partial charge in [-0.05, 0) is 58.4 Å². The van der Waals surface area contributed by atoms with Gasteiger partial charge in [-0.25, -0.2) is 0 Å². The van der Waals surface area contributed by atoms with Crippen molar-refractivity contribution in [3.63, 3.8) is 0 Å². The molecule has 0 aromatic heterocycles. The van der Waals surface area contributed by atoms with Gasteiger partial charge in [0.05, 0.1) is 0 Å². The van der Waals surface area contributed by atoms with Gasteiger partial charge in [0.15, 0.2) is 0 Å². The first-order chi connectivity index (χ1) is 9.38. The van der Waals surface area contributed by atoms with Gasteiger partial charge in [0, 0.05) is 26.2 Å². The highest BCUT2D eigenvalue weighted by Crippen LogP contribution is 2.09. The van der Waals surface area contributed by atoms with E-state index >= 15 is 0 Å². The Bertz CT molecular complexity index is 198. The molecule has 0 aromatic rings. The quantitative estimate of drug-likeness (QED) is 0.701. The van der Waals surface area contributed by atoms with E-state index in [2.05, 4.69) is 21.6 Å². The van der Waals surface area contributed by atoms with Crippen LogP contribution in [0.2, 0.25) is 0 Å². The second-order valence-electron chi connectivity index (χ2n) is 6.24. The van der Waals surface area contributed by atoms with Crippen LogP contribution in [0.25, 0.3) is 0 Å². The molecular weight excluding hydrogens is 234 g/mol. The molecule has 3 heteroatoms. The number of likely N-dealkylation sites (N-methyl/N-ethyl adjacent to an activating group) is 1. The lowest BCUT2D eigenvalue weighted by Gasteiger charge is -2.32. The van der Waals surface area contributed by atoms with E-state index in [9.17, 15) is 0 Å². The summed E-state index contributed by atoms with van der Waals surface area (Å²) in [5, 5.41) is 0. The van der Waals surface area contributed by atoms with E-state index in [1.807, 2.05) is 0 Å². The van der Waals surface area contributed by atoms with Crippen LogP contribution in [-0.2, 0) is 0 Å². The van der Waals surface area contributed by atoms with Crippen molar-refractivity contribution in [2.75, 3.05) is 58.9 Å². The first-order valence-electron chi connectivity index (χ1n) is 8.55. The fraction of sp³-hybridized carbons (Fsp3) is 1.00. The molecule has 0 unspecified atom stereocenters. The van der Waals surface area contributed by atoms with Crippen LogP contribution in [0.15, 0.2) is 0 Å². The number of piperidine rings is 2. The van der Waals surface area contributed by atoms with Gasteiger partial charge in [-0.1, -0.05) is 19.8 Å². The summed E-state index contributed by atoms with van der Waals surface area (Å²) in [5.74, 6) is 0. The van der Waals surface area contributed by atoms with Gasteiger partial charge in [-0.3, -0.25) is 0 Å². The summed E-state index contributed by atoms with van der Waals surface area (Å²) in [7, 11) is 0. The molecule has 0 bridgehead atoms. The Kier molecular flexibility index (Phi) is 7.18. The van der Waals surface area contributed by atoms with Crippen LogP contribution in [0.3, 0.4) is 0 Å². The number of hydrogen-bond acceptors (Lipinski definition) is 3. The molecule has 0 atom stereocenters. The van der Waals surface area contributed by atoms with E-state index in [0.29, 0.717) is 0 Å². The Labute approximate surface area is 119 Å². The zero-order valence-corrected chi connectivity index (χ0v) is 12.9. The number of hydrogen-bond donors (Lipinski definition) is 0. The Morgan fingerprint density at radius 1 is 0.684 bits per heavy atom. The molecule has 0 amide bonds. The van der Waals surface area contributed by atoms with Crippen molar-refractivity contribution >= 4 is 0 Å². The minimum absolute atomic E-state index is 1.21. The summed E-state index contributed by atoms with van der Waals surface area (Å²) in [5.41, 5.74) is 0. The van der Waals surface area contributed by atoms with E-state index in [1.54, 1.807) is 0 Å². The molecule has 0 aromatic carbocycles. The summed E-state index contributed by atoms with van der Waals surface area (Å²) >= 11 is 0. The Morgan fingerprint density at radius 3 is 1.47 bits per heavy atom. The Hall–Kier alpha value is -0.120. The van der Waals surface area contributed by atoms with E-state index in [1.165, 1.54) is 97.4 Å². The normalized spacial score (nSPS) is 23.1. The third kappa shape index (κ3) is 5.80. The lowest BCUT2D eigenvalue weighted by atomic mass is 10.1. The Morgan fingerprint density at radius 2 is 1.11 bits per heavy atom. The van der Waals surface area contributed by atoms with Crippen molar-refractivity contribution in [3.05, 3.63) is 0 Å². The number of nitrogens with zero attached hydrogens (tertiary/aromatic N) is 3. The maximum Gasteiger partial charge on any atom is 0.0110 e. The summed E-state index contributed by atoms with van der Waals surface area (Å²) in [6, 6.07) is 0. The SMILES string of the molecule is CCN(CCN1CCCCC1)CCN1CCCCC1. The summed E-state index contributed by atoms with van der Waals surface area (Å²) in [4.78, 5) is 7.96. The van der Waals surface area contributed by atoms with Crippen molar-refractivity contribution in [1.29, 1.82) is 0 Å². The van der Waals surface area contributed by atoms with E-state index < -0.39 is 0 Å². The summed E-state index contributed by atoms with van der Waals surface area (Å²) in [6.07, 6.45) is 8.56. The predicted molar refractivity (Wildman–Crippen MR) is 82.7 cm³/mol. The van der Waals surface area contributed by atoms with Crippen LogP contribution in [0, 0.1) is 0 Å². The highest BCUT2D eigenvalue weighted by atomic mass is 15.2. The molecule has 3 nitrogen and oxygen atoms in total. The van der Waals surface area contributed by atoms with Gasteiger partial charge in [0.1, 0.15) is 0 Å². The molecule has 0 N–H and O–H groups in total. The van der Waals surface area contributed by atoms with Gasteiger partial charge in [0.2, 0.25) is 0 Å². The molecule has 0 aliphatic carbocycles. The first-order valence-corrected chi connectivity index (χ1v) is 8.55. The van der Waals surface area contributed by atoms with Crippen LogP contribution in [-0.4, -0.2) is 73.6 Å². The van der Waals surface area contributed by atoms with Crippen LogP contribution in [0.1, 0.15) is 45.4 Å². The molecule has 2 heterocycles. The zero-order valence-electron chi connectivity index (χ0n) is 12.9. The topological polar surface area (TPSA) is 9.72 Å². The van der Waals surface area contributed by atoms with Gasteiger partial charge >= 0.3 is 0 Å². The third-order valence-electron chi connectivity index (χ3n) is 4.81. The lowest BCUT2D eigenvalue weighted by molar-refractivity contribution is 0.158. The lowest BCUT2D eigenvalue weighted by Crippen LogP contribution is -2.42. The molecule has 2 saturated heterocycles. The van der Waals surface area contributed by atoms with Crippen LogP contribution < -0.4 is 0 Å². The molecule has 0 spiro atoms. The largest absolute Gasteiger partial charge is 0.302 e. The van der Waals surface area contributed by atoms with E-state index in [4.69, 9.17) is 0 Å². The van der Waals surface area contributed by atoms with Crippen molar-refractivity contribution in [2.45, 2.75) is 45.4 Å². The maximum absolute atomic E-state index is 2.66. The minimum atomic E-state index is 1.21. The first kappa shape index (κ1) is 15.3. The highest BCUT2D eigenvalue weighted by Gasteiger charge is 2.13. The number of rotatable bonds is 7. The van der Waals surface area contributed by atoms with Gasteiger partial charge in [0.25, 0.3) is 0 Å². The summed E-state index contributed by atoms with van der Waals surface area (Å²) in [6.45, 7) is 14.0. The van der Waals surface area contributed by atoms with Crippen LogP contribution >= 0.6 is 0 Å². The van der Waals surface area contributed by atoms with E-state index in [-0.39, 0.29) is 0 Å². The van der Waals surface area contributed by atoms with E-state index in [0.717, 1.165) is 0 Å². The van der Waals surface area contributed by atoms with Crippen molar-refractivity contribution in [2.24, 2.45) is 0 Å². The molecule has 19 heavy (non-hydrogen) atoms. The smallest absolute Gasteiger partial charge is 0.0110 e. The molecule has 2 aliphatic heterocycles. The van der Waals surface area contributed by atoms with Crippen molar-refractivity contribution in [1.82, 2.24) is 14.7 Å². The monoisotopic (exact) mass is 267 g/mol. The van der Waals surface area contributed by atoms with Gasteiger partial charge < -0.3 is 14.7 Å². The minimum Gasteiger partial charge on any atom is -0.302 e. The average molecular weight is 267 g/mol. The van der Waals surface area contributed by atoms with Gasteiger partial charge in [-0.2, -0.15) is 0 Å². The van der Waals surface area contributed by atoms with Crippen LogP contribution in [0.4, 0.5) is 0 Å². The summed E-state index contributed by atoms with van der Waals surface area (Å²) < 4.78 is 0. The zero-order chi connectivity index (χ0) is 13.3. The molecule has 2 aliphatic rings. The third-order valence-corrected chi connectivity index (χ3v) is 4.81. The predicted octanol–water partition coefficient (Wildman–Crippen LogP) is 2.28. The molecule has 0 saturated carbocycles. The molecule has 2 rings (SSSR count). The van der Waals surface area contributed by atoms with Crippen LogP contribution in [0.5, 0.6) is 0 Å². The molecular formula is C16H33N3. The average Bonchev–Trinajstić information content (AvgIpc) is 2.49. The maximum atomic E-state index is 2.66. The van der Waals surface area contributed by atoms with Gasteiger partial charge in [-0.15, -0.1) is 0 Å². The second kappa shape index (κ2) is 8.93.